The smallest absolute Gasteiger partial charge is 0.268 e. The minimum Gasteiger partial charge on any atom is -0.354 e. The number of hydrogen-bond donors (Lipinski definition) is 3. The number of rotatable bonds is 7. The molecule has 5 nitrogen and oxygen atoms in total. The van der Waals surface area contributed by atoms with Crippen LogP contribution in [-0.2, 0) is 6.42 Å². The first-order valence-electron chi connectivity index (χ1n) is 8.26. The molecule has 1 unspecified atom stereocenters. The highest BCUT2D eigenvalue weighted by molar-refractivity contribution is 6.02. The summed E-state index contributed by atoms with van der Waals surface area (Å²) in [7, 11) is 0. The molecule has 1 aromatic heterocycles. The van der Waals surface area contributed by atoms with Gasteiger partial charge < -0.3 is 16.0 Å². The van der Waals surface area contributed by atoms with E-state index < -0.39 is 0 Å². The fraction of sp³-hybridized carbons (Fsp3) is 0.368. The van der Waals surface area contributed by atoms with Crippen LogP contribution in [0.4, 0.5) is 0 Å². The Balaban J connectivity index is 2.15. The van der Waals surface area contributed by atoms with Crippen LogP contribution in [0.3, 0.4) is 0 Å². The Bertz CT molecular complexity index is 720. The van der Waals surface area contributed by atoms with Crippen LogP contribution in [0.2, 0.25) is 0 Å². The van der Waals surface area contributed by atoms with Crippen molar-refractivity contribution >= 4 is 11.7 Å². The van der Waals surface area contributed by atoms with Crippen LogP contribution in [0.5, 0.6) is 0 Å². The summed E-state index contributed by atoms with van der Waals surface area (Å²) in [4.78, 5) is 27.5. The number of amides is 1. The fourth-order valence-corrected chi connectivity index (χ4v) is 2.96. The average molecular weight is 327 g/mol. The number of hydrogen-bond acceptors (Lipinski definition) is 3. The van der Waals surface area contributed by atoms with Gasteiger partial charge in [0, 0.05) is 23.8 Å². The second-order valence-electron chi connectivity index (χ2n) is 6.01. The van der Waals surface area contributed by atoms with Crippen LogP contribution in [0.25, 0.3) is 0 Å². The molecular weight excluding hydrogens is 302 g/mol. The van der Waals surface area contributed by atoms with E-state index in [-0.39, 0.29) is 17.7 Å². The van der Waals surface area contributed by atoms with Crippen molar-refractivity contribution in [3.05, 3.63) is 58.4 Å². The maximum Gasteiger partial charge on any atom is 0.268 e. The Morgan fingerprint density at radius 2 is 1.92 bits per heavy atom. The van der Waals surface area contributed by atoms with Gasteiger partial charge in [0.05, 0.1) is 0 Å². The number of aromatic amines is 1. The first-order valence-corrected chi connectivity index (χ1v) is 8.26. The van der Waals surface area contributed by atoms with Gasteiger partial charge in [0.2, 0.25) is 0 Å². The minimum absolute atomic E-state index is 0.0211. The van der Waals surface area contributed by atoms with Crippen LogP contribution in [0.15, 0.2) is 30.3 Å². The zero-order valence-corrected chi connectivity index (χ0v) is 14.5. The number of nitrogens with one attached hydrogen (secondary N) is 2. The topological polar surface area (TPSA) is 88.0 Å². The van der Waals surface area contributed by atoms with Crippen LogP contribution >= 0.6 is 0 Å². The van der Waals surface area contributed by atoms with Crippen molar-refractivity contribution < 1.29 is 9.59 Å². The molecule has 1 aromatic carbocycles. The van der Waals surface area contributed by atoms with Crippen molar-refractivity contribution in [3.63, 3.8) is 0 Å². The lowest BCUT2D eigenvalue weighted by atomic mass is 10.0. The van der Waals surface area contributed by atoms with Crippen LogP contribution in [0, 0.1) is 6.92 Å². The summed E-state index contributed by atoms with van der Waals surface area (Å²) in [5.41, 5.74) is 9.74. The number of carbonyl (C=O) groups is 2. The Morgan fingerprint density at radius 1 is 1.25 bits per heavy atom. The molecule has 0 aliphatic heterocycles. The van der Waals surface area contributed by atoms with Gasteiger partial charge in [-0.1, -0.05) is 43.7 Å². The van der Waals surface area contributed by atoms with E-state index >= 15 is 0 Å². The van der Waals surface area contributed by atoms with Gasteiger partial charge in [0.15, 0.2) is 5.78 Å². The number of benzene rings is 1. The maximum atomic E-state index is 12.6. The summed E-state index contributed by atoms with van der Waals surface area (Å²) in [6.07, 6.45) is 1.55. The molecule has 4 N–H and O–H groups in total. The minimum atomic E-state index is -0.270. The lowest BCUT2D eigenvalue weighted by molar-refractivity contribution is 0.0945. The molecule has 0 radical (unpaired) electrons. The summed E-state index contributed by atoms with van der Waals surface area (Å²) >= 11 is 0. The summed E-state index contributed by atoms with van der Waals surface area (Å²) in [5.74, 6) is -0.243. The predicted molar refractivity (Wildman–Crippen MR) is 95.2 cm³/mol. The van der Waals surface area contributed by atoms with Crippen molar-refractivity contribution in [1.82, 2.24) is 10.3 Å². The van der Waals surface area contributed by atoms with E-state index in [4.69, 9.17) is 5.73 Å². The first kappa shape index (κ1) is 17.9. The van der Waals surface area contributed by atoms with Gasteiger partial charge in [0.25, 0.3) is 5.91 Å². The lowest BCUT2D eigenvalue weighted by Gasteiger charge is -2.13. The normalized spacial score (nSPS) is 12.0. The summed E-state index contributed by atoms with van der Waals surface area (Å²) in [6.45, 7) is 5.71. The van der Waals surface area contributed by atoms with Gasteiger partial charge in [-0.15, -0.1) is 0 Å². The van der Waals surface area contributed by atoms with Crippen LogP contribution in [-0.4, -0.2) is 23.2 Å². The molecule has 5 heteroatoms. The molecule has 1 atom stereocenters. The third-order valence-electron chi connectivity index (χ3n) is 4.08. The van der Waals surface area contributed by atoms with Crippen LogP contribution < -0.4 is 11.1 Å². The number of nitrogens with two attached hydrogens (primary N) is 1. The van der Waals surface area contributed by atoms with Gasteiger partial charge in [-0.2, -0.15) is 0 Å². The second-order valence-corrected chi connectivity index (χ2v) is 6.01. The Morgan fingerprint density at radius 3 is 2.50 bits per heavy atom. The van der Waals surface area contributed by atoms with Gasteiger partial charge in [-0.05, 0) is 31.4 Å². The molecule has 0 saturated heterocycles. The highest BCUT2D eigenvalue weighted by Gasteiger charge is 2.22. The third kappa shape index (κ3) is 3.92. The van der Waals surface area contributed by atoms with Crippen molar-refractivity contribution in [1.29, 1.82) is 0 Å². The molecule has 0 spiro atoms. The van der Waals surface area contributed by atoms with Gasteiger partial charge in [-0.3, -0.25) is 9.59 Å². The zero-order valence-electron chi connectivity index (χ0n) is 14.5. The highest BCUT2D eigenvalue weighted by Crippen LogP contribution is 2.21. The molecule has 0 bridgehead atoms. The Hall–Kier alpha value is -2.40. The second kappa shape index (κ2) is 7.93. The van der Waals surface area contributed by atoms with E-state index in [1.54, 1.807) is 0 Å². The molecule has 0 saturated carbocycles. The number of carbonyl (C=O) groups excluding carboxylic acids is 2. The number of aromatic nitrogens is 1. The Labute approximate surface area is 142 Å². The van der Waals surface area contributed by atoms with Crippen molar-refractivity contribution in [2.24, 2.45) is 5.73 Å². The summed E-state index contributed by atoms with van der Waals surface area (Å²) in [6, 6.07) is 9.37. The molecule has 0 aliphatic carbocycles. The predicted octanol–water partition coefficient (Wildman–Crippen LogP) is 2.91. The molecule has 0 aliphatic rings. The molecular formula is C19H25N3O2. The molecule has 1 heterocycles. The largest absolute Gasteiger partial charge is 0.354 e. The third-order valence-corrected chi connectivity index (χ3v) is 4.08. The number of aryl methyl sites for hydroxylation is 1. The molecule has 0 fully saturated rings. The van der Waals surface area contributed by atoms with Crippen LogP contribution in [0.1, 0.15) is 64.0 Å². The molecule has 2 aromatic rings. The first-order chi connectivity index (χ1) is 11.5. The standard InChI is InChI=1S/C19H25N3O2/c1-4-8-15-17(13(3)23)12(2)22-18(15)19(24)21-11-16(20)14-9-6-5-7-10-14/h5-7,9-10,16,22H,4,8,11,20H2,1-3H3,(H,21,24). The summed E-state index contributed by atoms with van der Waals surface area (Å²) < 4.78 is 0. The SMILES string of the molecule is CCCc1c(C(=O)NCC(N)c2ccccc2)[nH]c(C)c1C(C)=O. The molecule has 24 heavy (non-hydrogen) atoms. The number of Topliss-reactive ketones (excluding diaryl/α,β-unsaturated/α-hetero) is 1. The quantitative estimate of drug-likeness (QED) is 0.683. The van der Waals surface area contributed by atoms with E-state index in [2.05, 4.69) is 10.3 Å². The molecule has 2 rings (SSSR count). The Kier molecular flexibility index (Phi) is 5.93. The monoisotopic (exact) mass is 327 g/mol. The van der Waals surface area contributed by atoms with Crippen molar-refractivity contribution in [3.8, 4) is 0 Å². The average Bonchev–Trinajstić information content (AvgIpc) is 2.90. The van der Waals surface area contributed by atoms with Gasteiger partial charge >= 0.3 is 0 Å². The zero-order chi connectivity index (χ0) is 17.7. The summed E-state index contributed by atoms with van der Waals surface area (Å²) in [5, 5.41) is 2.87. The van der Waals surface area contributed by atoms with Crippen molar-refractivity contribution in [2.45, 2.75) is 39.7 Å². The molecule has 1 amide bonds. The fourth-order valence-electron chi connectivity index (χ4n) is 2.96. The number of H-pyrrole nitrogens is 1. The van der Waals surface area contributed by atoms with Crippen molar-refractivity contribution in [2.75, 3.05) is 6.54 Å². The van der Waals surface area contributed by atoms with E-state index in [1.165, 1.54) is 6.92 Å². The molecule has 128 valence electrons. The maximum absolute atomic E-state index is 12.6. The number of ketones is 1. The van der Waals surface area contributed by atoms with E-state index in [1.807, 2.05) is 44.2 Å². The van der Waals surface area contributed by atoms with E-state index in [9.17, 15) is 9.59 Å². The highest BCUT2D eigenvalue weighted by atomic mass is 16.2. The van der Waals surface area contributed by atoms with E-state index in [0.29, 0.717) is 24.2 Å². The van der Waals surface area contributed by atoms with E-state index in [0.717, 1.165) is 23.2 Å². The van der Waals surface area contributed by atoms with Gasteiger partial charge in [0.1, 0.15) is 5.69 Å². The van der Waals surface area contributed by atoms with Gasteiger partial charge in [-0.25, -0.2) is 0 Å². The lowest BCUT2D eigenvalue weighted by Crippen LogP contribution is -2.32.